The number of anilines is 2. The van der Waals surface area contributed by atoms with E-state index in [4.69, 9.17) is 9.72 Å². The van der Waals surface area contributed by atoms with Crippen LogP contribution in [0, 0.1) is 22.7 Å². The molecule has 9 heteroatoms. The number of likely N-dealkylation sites (tertiary alicyclic amines) is 1. The minimum Gasteiger partial charge on any atom is -0.475 e. The summed E-state index contributed by atoms with van der Waals surface area (Å²) in [6.45, 7) is 8.76. The first-order chi connectivity index (χ1) is 18.5. The van der Waals surface area contributed by atoms with Gasteiger partial charge in [0.1, 0.15) is 24.3 Å². The summed E-state index contributed by atoms with van der Waals surface area (Å²) in [4.78, 5) is 25.5. The zero-order valence-electron chi connectivity index (χ0n) is 21.9. The molecule has 3 aliphatic heterocycles. The number of fused-ring (bicyclic) bond motifs is 1. The van der Waals surface area contributed by atoms with Gasteiger partial charge in [-0.1, -0.05) is 18.7 Å². The zero-order valence-corrected chi connectivity index (χ0v) is 21.9. The molecule has 2 saturated heterocycles. The number of nitrogens with zero attached hydrogens (tertiary/aromatic N) is 7. The fourth-order valence-electron chi connectivity index (χ4n) is 5.78. The maximum atomic E-state index is 12.2. The van der Waals surface area contributed by atoms with Crippen LogP contribution >= 0.6 is 0 Å². The molecule has 38 heavy (non-hydrogen) atoms. The molecule has 0 N–H and O–H groups in total. The summed E-state index contributed by atoms with van der Waals surface area (Å²) in [5.41, 5.74) is 4.80. The monoisotopic (exact) mass is 511 g/mol. The van der Waals surface area contributed by atoms with Crippen LogP contribution in [0.15, 0.2) is 36.9 Å². The fourth-order valence-corrected chi connectivity index (χ4v) is 5.78. The van der Waals surface area contributed by atoms with E-state index in [0.29, 0.717) is 75.3 Å². The Morgan fingerprint density at radius 2 is 1.92 bits per heavy atom. The van der Waals surface area contributed by atoms with Crippen molar-refractivity contribution in [2.24, 2.45) is 0 Å². The number of carbonyl (C=O) groups excluding carboxylic acids is 1. The molecule has 3 aliphatic rings. The van der Waals surface area contributed by atoms with Gasteiger partial charge >= 0.3 is 0 Å². The minimum atomic E-state index is -0.0709. The molecule has 0 spiro atoms. The number of para-hydroxylation sites is 1. The molecule has 1 amide bonds. The number of likely N-dealkylation sites (N-methyl/N-ethyl adjacent to an activating group) is 1. The van der Waals surface area contributed by atoms with Crippen molar-refractivity contribution in [2.75, 3.05) is 62.7 Å². The maximum Gasteiger partial charge on any atom is 0.246 e. The third-order valence-corrected chi connectivity index (χ3v) is 7.94. The van der Waals surface area contributed by atoms with E-state index < -0.39 is 0 Å². The van der Waals surface area contributed by atoms with Crippen molar-refractivity contribution in [1.29, 1.82) is 10.5 Å². The van der Waals surface area contributed by atoms with Crippen molar-refractivity contribution in [1.82, 2.24) is 14.8 Å². The van der Waals surface area contributed by atoms with Crippen LogP contribution in [0.3, 0.4) is 0 Å². The van der Waals surface area contributed by atoms with Crippen LogP contribution in [0.1, 0.15) is 35.2 Å². The molecule has 0 unspecified atom stereocenters. The standard InChI is InChI=1S/C29H33N7O2/c1-3-27(37)34-13-15-35(16-14-34)28-23-10-12-36(26-9-5-4-7-21(26)17-30)19-25(23)32-29(24(28)18-31)38-20-22-8-6-11-33(22)2/h3-5,7,9,22H,1,6,8,10-16,19-20H2,2H3/t22-/m0/s1. The molecule has 5 rings (SSSR count). The molecule has 1 aromatic heterocycles. The number of rotatable bonds is 6. The zero-order chi connectivity index (χ0) is 26.6. The number of piperazine rings is 1. The van der Waals surface area contributed by atoms with Gasteiger partial charge in [0.25, 0.3) is 0 Å². The van der Waals surface area contributed by atoms with Gasteiger partial charge in [-0.05, 0) is 51.1 Å². The number of aromatic nitrogens is 1. The van der Waals surface area contributed by atoms with Crippen molar-refractivity contribution in [2.45, 2.75) is 31.8 Å². The highest BCUT2D eigenvalue weighted by molar-refractivity contribution is 5.87. The number of carbonyl (C=O) groups is 1. The van der Waals surface area contributed by atoms with Crippen LogP contribution in [-0.4, -0.2) is 79.7 Å². The number of benzene rings is 1. The van der Waals surface area contributed by atoms with Crippen LogP contribution in [0.2, 0.25) is 0 Å². The summed E-state index contributed by atoms with van der Waals surface area (Å²) in [5.74, 6) is 0.306. The molecule has 196 valence electrons. The summed E-state index contributed by atoms with van der Waals surface area (Å²) in [6.07, 6.45) is 4.25. The van der Waals surface area contributed by atoms with Crippen molar-refractivity contribution in [3.8, 4) is 18.0 Å². The van der Waals surface area contributed by atoms with Gasteiger partial charge in [-0.3, -0.25) is 4.79 Å². The van der Waals surface area contributed by atoms with Gasteiger partial charge in [-0.2, -0.15) is 10.5 Å². The Morgan fingerprint density at radius 1 is 1.13 bits per heavy atom. The van der Waals surface area contributed by atoms with E-state index in [1.54, 1.807) is 4.90 Å². The normalized spacial score (nSPS) is 19.4. The van der Waals surface area contributed by atoms with E-state index in [1.807, 2.05) is 24.3 Å². The van der Waals surface area contributed by atoms with Gasteiger partial charge in [-0.15, -0.1) is 0 Å². The summed E-state index contributed by atoms with van der Waals surface area (Å²) >= 11 is 0. The topological polar surface area (TPSA) is 99.7 Å². The molecule has 0 saturated carbocycles. The highest BCUT2D eigenvalue weighted by atomic mass is 16.5. The molecule has 1 atom stereocenters. The second-order valence-corrected chi connectivity index (χ2v) is 10.1. The summed E-state index contributed by atoms with van der Waals surface area (Å²) < 4.78 is 6.29. The molecule has 9 nitrogen and oxygen atoms in total. The predicted octanol–water partition coefficient (Wildman–Crippen LogP) is 2.70. The van der Waals surface area contributed by atoms with Gasteiger partial charge in [0.2, 0.25) is 11.8 Å². The van der Waals surface area contributed by atoms with E-state index in [0.717, 1.165) is 42.0 Å². The molecule has 0 aliphatic carbocycles. The maximum absolute atomic E-state index is 12.2. The van der Waals surface area contributed by atoms with Crippen LogP contribution < -0.4 is 14.5 Å². The first-order valence-electron chi connectivity index (χ1n) is 13.2. The second kappa shape index (κ2) is 11.1. The van der Waals surface area contributed by atoms with E-state index in [9.17, 15) is 15.3 Å². The van der Waals surface area contributed by atoms with E-state index in [-0.39, 0.29) is 5.91 Å². The van der Waals surface area contributed by atoms with Crippen molar-refractivity contribution in [3.05, 3.63) is 59.3 Å². The van der Waals surface area contributed by atoms with E-state index >= 15 is 0 Å². The van der Waals surface area contributed by atoms with Crippen LogP contribution in [0.5, 0.6) is 5.88 Å². The number of hydrogen-bond donors (Lipinski definition) is 0. The smallest absolute Gasteiger partial charge is 0.246 e. The Morgan fingerprint density at radius 3 is 2.61 bits per heavy atom. The fraction of sp³-hybridized carbons (Fsp3) is 0.448. The number of pyridine rings is 1. The van der Waals surface area contributed by atoms with Crippen molar-refractivity contribution >= 4 is 17.3 Å². The van der Waals surface area contributed by atoms with Gasteiger partial charge < -0.3 is 24.3 Å². The molecule has 0 bridgehead atoms. The molecule has 2 aromatic rings. The molecule has 1 aromatic carbocycles. The van der Waals surface area contributed by atoms with E-state index in [1.165, 1.54) is 6.08 Å². The lowest BCUT2D eigenvalue weighted by Gasteiger charge is -2.39. The Hall–Kier alpha value is -4.08. The Labute approximate surface area is 224 Å². The van der Waals surface area contributed by atoms with Gasteiger partial charge in [0.15, 0.2) is 0 Å². The van der Waals surface area contributed by atoms with Crippen LogP contribution in [0.25, 0.3) is 0 Å². The number of amides is 1. The lowest BCUT2D eigenvalue weighted by atomic mass is 9.97. The first kappa shape index (κ1) is 25.6. The molecule has 4 heterocycles. The number of hydrogen-bond acceptors (Lipinski definition) is 8. The number of ether oxygens (including phenoxy) is 1. The van der Waals surface area contributed by atoms with Gasteiger partial charge in [0, 0.05) is 44.3 Å². The summed E-state index contributed by atoms with van der Waals surface area (Å²) in [7, 11) is 2.10. The third kappa shape index (κ3) is 4.90. The Bertz CT molecular complexity index is 1300. The average Bonchev–Trinajstić information content (AvgIpc) is 3.38. The molecule has 2 fully saturated rings. The molecule has 0 radical (unpaired) electrons. The quantitative estimate of drug-likeness (QED) is 0.546. The third-order valence-electron chi connectivity index (χ3n) is 7.94. The van der Waals surface area contributed by atoms with Gasteiger partial charge in [0.05, 0.1) is 29.2 Å². The van der Waals surface area contributed by atoms with Crippen LogP contribution in [-0.2, 0) is 17.8 Å². The highest BCUT2D eigenvalue weighted by Crippen LogP contribution is 2.38. The lowest BCUT2D eigenvalue weighted by molar-refractivity contribution is -0.126. The lowest BCUT2D eigenvalue weighted by Crippen LogP contribution is -2.49. The highest BCUT2D eigenvalue weighted by Gasteiger charge is 2.32. The Kier molecular flexibility index (Phi) is 7.48. The number of nitriles is 2. The first-order valence-corrected chi connectivity index (χ1v) is 13.2. The van der Waals surface area contributed by atoms with E-state index in [2.05, 4.69) is 40.5 Å². The minimum absolute atomic E-state index is 0.0709. The summed E-state index contributed by atoms with van der Waals surface area (Å²) in [5, 5.41) is 20.0. The Balaban J connectivity index is 1.50. The van der Waals surface area contributed by atoms with Crippen molar-refractivity contribution in [3.63, 3.8) is 0 Å². The van der Waals surface area contributed by atoms with Crippen LogP contribution in [0.4, 0.5) is 11.4 Å². The SMILES string of the molecule is C=CC(=O)N1CCN(c2c(C#N)c(OC[C@@H]3CCCN3C)nc3c2CCN(c2ccccc2C#N)C3)CC1. The molecular formula is C29H33N7O2. The molecular weight excluding hydrogens is 478 g/mol. The van der Waals surface area contributed by atoms with Gasteiger partial charge in [-0.25, -0.2) is 4.98 Å². The largest absolute Gasteiger partial charge is 0.475 e. The predicted molar refractivity (Wildman–Crippen MR) is 145 cm³/mol. The average molecular weight is 512 g/mol. The summed E-state index contributed by atoms with van der Waals surface area (Å²) in [6, 6.07) is 12.6. The second-order valence-electron chi connectivity index (χ2n) is 10.1. The van der Waals surface area contributed by atoms with Crippen molar-refractivity contribution < 1.29 is 9.53 Å².